The summed E-state index contributed by atoms with van der Waals surface area (Å²) in [5, 5.41) is 3.56. The molecule has 5 nitrogen and oxygen atoms in total. The fraction of sp³-hybridized carbons (Fsp3) is 0.310. The van der Waals surface area contributed by atoms with Gasteiger partial charge in [0.1, 0.15) is 11.8 Å². The summed E-state index contributed by atoms with van der Waals surface area (Å²) in [6, 6.07) is 24.0. The van der Waals surface area contributed by atoms with Gasteiger partial charge in [-0.15, -0.1) is 0 Å². The average molecular weight is 493 g/mol. The van der Waals surface area contributed by atoms with Gasteiger partial charge in [-0.05, 0) is 61.2 Å². The molecule has 1 N–H and O–H groups in total. The summed E-state index contributed by atoms with van der Waals surface area (Å²) in [6.07, 6.45) is 1.32. The molecule has 0 bridgehead atoms. The average Bonchev–Trinajstić information content (AvgIpc) is 2.85. The summed E-state index contributed by atoms with van der Waals surface area (Å²) >= 11 is 6.21. The van der Waals surface area contributed by atoms with Crippen LogP contribution in [0.5, 0.6) is 5.75 Å². The maximum absolute atomic E-state index is 13.5. The number of nitrogens with one attached hydrogen (secondary N) is 1. The van der Waals surface area contributed by atoms with Crippen LogP contribution in [0.2, 0.25) is 5.02 Å². The van der Waals surface area contributed by atoms with Crippen LogP contribution in [0, 0.1) is 0 Å². The third-order valence-electron chi connectivity index (χ3n) is 5.64. The van der Waals surface area contributed by atoms with Gasteiger partial charge in [0.25, 0.3) is 5.91 Å². The van der Waals surface area contributed by atoms with Crippen LogP contribution in [0.4, 0.5) is 0 Å². The van der Waals surface area contributed by atoms with Crippen LogP contribution < -0.4 is 10.1 Å². The first-order valence-electron chi connectivity index (χ1n) is 12.0. The van der Waals surface area contributed by atoms with Crippen molar-refractivity contribution in [3.8, 4) is 5.75 Å². The van der Waals surface area contributed by atoms with E-state index in [2.05, 4.69) is 12.2 Å². The Morgan fingerprint density at radius 2 is 1.60 bits per heavy atom. The van der Waals surface area contributed by atoms with E-state index < -0.39 is 6.04 Å². The Hall–Kier alpha value is -3.31. The van der Waals surface area contributed by atoms with Crippen molar-refractivity contribution < 1.29 is 14.3 Å². The molecule has 0 aromatic heterocycles. The van der Waals surface area contributed by atoms with Crippen molar-refractivity contribution in [1.82, 2.24) is 10.2 Å². The second-order valence-electron chi connectivity index (χ2n) is 8.81. The molecule has 0 fully saturated rings. The lowest BCUT2D eigenvalue weighted by Crippen LogP contribution is -2.52. The smallest absolute Gasteiger partial charge is 0.261 e. The third-order valence-corrected chi connectivity index (χ3v) is 5.87. The number of benzene rings is 3. The Morgan fingerprint density at radius 1 is 0.914 bits per heavy atom. The number of carbonyl (C=O) groups is 2. The first-order valence-corrected chi connectivity index (χ1v) is 12.3. The van der Waals surface area contributed by atoms with E-state index in [-0.39, 0.29) is 31.0 Å². The zero-order chi connectivity index (χ0) is 25.2. The lowest BCUT2D eigenvalue weighted by Gasteiger charge is -2.32. The monoisotopic (exact) mass is 492 g/mol. The maximum Gasteiger partial charge on any atom is 0.261 e. The van der Waals surface area contributed by atoms with Crippen LogP contribution >= 0.6 is 11.6 Å². The molecule has 0 heterocycles. The van der Waals surface area contributed by atoms with Gasteiger partial charge in [0.15, 0.2) is 6.61 Å². The van der Waals surface area contributed by atoms with Gasteiger partial charge in [0, 0.05) is 24.0 Å². The van der Waals surface area contributed by atoms with E-state index in [1.54, 1.807) is 11.0 Å². The molecule has 0 aliphatic carbocycles. The van der Waals surface area contributed by atoms with Gasteiger partial charge in [-0.3, -0.25) is 9.59 Å². The predicted octanol–water partition coefficient (Wildman–Crippen LogP) is 5.45. The van der Waals surface area contributed by atoms with Crippen molar-refractivity contribution >= 4 is 23.4 Å². The SMILES string of the molecule is CCc1ccc(OCC(=O)N(Cc2cccc(Cl)c2)C(Cc2ccccc2)C(=O)NC(C)C)cc1. The largest absolute Gasteiger partial charge is 0.484 e. The van der Waals surface area contributed by atoms with Gasteiger partial charge in [-0.1, -0.05) is 73.1 Å². The molecule has 0 aliphatic rings. The molecule has 1 atom stereocenters. The number of aryl methyl sites for hydroxylation is 1. The van der Waals surface area contributed by atoms with E-state index >= 15 is 0 Å². The maximum atomic E-state index is 13.5. The number of ether oxygens (including phenoxy) is 1. The molecule has 3 aromatic rings. The fourth-order valence-corrected chi connectivity index (χ4v) is 4.03. The van der Waals surface area contributed by atoms with Crippen LogP contribution in [-0.4, -0.2) is 35.4 Å². The van der Waals surface area contributed by atoms with Gasteiger partial charge < -0.3 is 15.0 Å². The number of hydrogen-bond donors (Lipinski definition) is 1. The number of rotatable bonds is 11. The summed E-state index contributed by atoms with van der Waals surface area (Å²) in [7, 11) is 0. The lowest BCUT2D eigenvalue weighted by molar-refractivity contribution is -0.143. The van der Waals surface area contributed by atoms with Crippen molar-refractivity contribution in [3.05, 3.63) is 101 Å². The molecule has 0 aliphatic heterocycles. The standard InChI is InChI=1S/C29H33ClN2O3/c1-4-22-13-15-26(16-14-22)35-20-28(33)32(19-24-11-8-12-25(30)17-24)27(29(34)31-21(2)3)18-23-9-6-5-7-10-23/h5-17,21,27H,4,18-20H2,1-3H3,(H,31,34). The molecule has 0 saturated heterocycles. The highest BCUT2D eigenvalue weighted by molar-refractivity contribution is 6.30. The summed E-state index contributed by atoms with van der Waals surface area (Å²) in [6.45, 7) is 5.96. The Balaban J connectivity index is 1.88. The van der Waals surface area contributed by atoms with Crippen molar-refractivity contribution in [2.24, 2.45) is 0 Å². The van der Waals surface area contributed by atoms with Crippen LogP contribution in [0.25, 0.3) is 0 Å². The number of halogens is 1. The predicted molar refractivity (Wildman–Crippen MR) is 141 cm³/mol. The minimum atomic E-state index is -0.711. The van der Waals surface area contributed by atoms with Gasteiger partial charge in [-0.2, -0.15) is 0 Å². The number of hydrogen-bond acceptors (Lipinski definition) is 3. The summed E-state index contributed by atoms with van der Waals surface area (Å²) in [5.41, 5.74) is 3.00. The van der Waals surface area contributed by atoms with Crippen molar-refractivity contribution in [2.75, 3.05) is 6.61 Å². The van der Waals surface area contributed by atoms with Crippen LogP contribution in [0.1, 0.15) is 37.5 Å². The summed E-state index contributed by atoms with van der Waals surface area (Å²) in [5.74, 6) is 0.139. The normalized spacial score (nSPS) is 11.7. The molecule has 6 heteroatoms. The number of nitrogens with zero attached hydrogens (tertiary/aromatic N) is 1. The van der Waals surface area contributed by atoms with E-state index in [0.29, 0.717) is 17.2 Å². The van der Waals surface area contributed by atoms with Gasteiger partial charge in [0.2, 0.25) is 5.91 Å². The Bertz CT molecular complexity index is 1100. The van der Waals surface area contributed by atoms with Crippen molar-refractivity contribution in [3.63, 3.8) is 0 Å². The van der Waals surface area contributed by atoms with E-state index in [1.807, 2.05) is 86.6 Å². The molecule has 1 unspecified atom stereocenters. The molecule has 2 amide bonds. The number of carbonyl (C=O) groups excluding carboxylic acids is 2. The Kier molecular flexibility index (Phi) is 9.74. The van der Waals surface area contributed by atoms with Crippen molar-refractivity contribution in [2.45, 2.75) is 52.2 Å². The summed E-state index contributed by atoms with van der Waals surface area (Å²) < 4.78 is 5.82. The molecule has 184 valence electrons. The van der Waals surface area contributed by atoms with E-state index in [4.69, 9.17) is 16.3 Å². The van der Waals surface area contributed by atoms with E-state index in [1.165, 1.54) is 5.56 Å². The third kappa shape index (κ3) is 8.15. The summed E-state index contributed by atoms with van der Waals surface area (Å²) in [4.78, 5) is 28.5. The molecule has 3 rings (SSSR count). The van der Waals surface area contributed by atoms with Crippen LogP contribution in [-0.2, 0) is 29.0 Å². The van der Waals surface area contributed by atoms with E-state index in [0.717, 1.165) is 17.5 Å². The number of amides is 2. The first kappa shape index (κ1) is 26.3. The molecule has 3 aromatic carbocycles. The molecule has 0 spiro atoms. The topological polar surface area (TPSA) is 58.6 Å². The second-order valence-corrected chi connectivity index (χ2v) is 9.24. The van der Waals surface area contributed by atoms with Crippen molar-refractivity contribution in [1.29, 1.82) is 0 Å². The highest BCUT2D eigenvalue weighted by Gasteiger charge is 2.31. The van der Waals surface area contributed by atoms with Crippen LogP contribution in [0.15, 0.2) is 78.9 Å². The molecule has 0 radical (unpaired) electrons. The van der Waals surface area contributed by atoms with Crippen LogP contribution in [0.3, 0.4) is 0 Å². The van der Waals surface area contributed by atoms with Gasteiger partial charge >= 0.3 is 0 Å². The molecule has 35 heavy (non-hydrogen) atoms. The quantitative estimate of drug-likeness (QED) is 0.387. The molecule has 0 saturated carbocycles. The Labute approximate surface area is 213 Å². The van der Waals surface area contributed by atoms with Gasteiger partial charge in [-0.25, -0.2) is 0 Å². The highest BCUT2D eigenvalue weighted by Crippen LogP contribution is 2.19. The first-order chi connectivity index (χ1) is 16.9. The minimum absolute atomic E-state index is 0.0581. The highest BCUT2D eigenvalue weighted by atomic mass is 35.5. The molecular weight excluding hydrogens is 460 g/mol. The van der Waals surface area contributed by atoms with E-state index in [9.17, 15) is 9.59 Å². The zero-order valence-corrected chi connectivity index (χ0v) is 21.3. The molecular formula is C29H33ClN2O3. The Morgan fingerprint density at radius 3 is 2.23 bits per heavy atom. The zero-order valence-electron chi connectivity index (χ0n) is 20.5. The second kappa shape index (κ2) is 13.0. The van der Waals surface area contributed by atoms with Gasteiger partial charge in [0.05, 0.1) is 0 Å². The lowest BCUT2D eigenvalue weighted by atomic mass is 10.0. The fourth-order valence-electron chi connectivity index (χ4n) is 3.82. The minimum Gasteiger partial charge on any atom is -0.484 e.